The molecular formula is C21H23FN7+. The Morgan fingerprint density at radius 1 is 1.24 bits per heavy atom. The minimum atomic E-state index is -0.286. The van der Waals surface area contributed by atoms with Crippen LogP contribution in [0.5, 0.6) is 0 Å². The minimum absolute atomic E-state index is 0.286. The van der Waals surface area contributed by atoms with Crippen LogP contribution in [-0.2, 0) is 0 Å². The molecule has 0 spiro atoms. The molecule has 1 aromatic heterocycles. The molecule has 0 saturated carbocycles. The van der Waals surface area contributed by atoms with Crippen LogP contribution in [0.15, 0.2) is 64.9 Å². The molecule has 8 heteroatoms. The van der Waals surface area contributed by atoms with Crippen molar-refractivity contribution in [2.24, 2.45) is 10.1 Å². The zero-order valence-corrected chi connectivity index (χ0v) is 16.3. The summed E-state index contributed by atoms with van der Waals surface area (Å²) in [5.74, 6) is 1.50. The van der Waals surface area contributed by atoms with Gasteiger partial charge in [0, 0.05) is 12.2 Å². The standard InChI is InChI=1S/C21H23FN7/c1-27-9-7-17(8-10-27)25-20-5-6-21-23-13-19(29(21)26-20)15-12-24-28(14-15)18-4-2-3-16(22)11-18/h2-5,11-14,17,25H,6-10H2,1H3/q+1. The molecular weight excluding hydrogens is 369 g/mol. The van der Waals surface area contributed by atoms with Gasteiger partial charge in [-0.05, 0) is 62.2 Å². The Kier molecular flexibility index (Phi) is 4.55. The molecule has 5 rings (SSSR count). The summed E-state index contributed by atoms with van der Waals surface area (Å²) >= 11 is 0. The van der Waals surface area contributed by atoms with Crippen LogP contribution in [0.3, 0.4) is 0 Å². The first-order chi connectivity index (χ1) is 14.2. The van der Waals surface area contributed by atoms with Gasteiger partial charge < -0.3 is 10.2 Å². The van der Waals surface area contributed by atoms with Crippen LogP contribution in [0.4, 0.5) is 4.39 Å². The quantitative estimate of drug-likeness (QED) is 0.814. The van der Waals surface area contributed by atoms with Crippen LogP contribution in [0.2, 0.25) is 0 Å². The number of benzene rings is 1. The number of hydrogen-bond donors (Lipinski definition) is 1. The minimum Gasteiger partial charge on any atom is -0.364 e. The van der Waals surface area contributed by atoms with E-state index < -0.39 is 0 Å². The van der Waals surface area contributed by atoms with E-state index in [0.717, 1.165) is 55.3 Å². The van der Waals surface area contributed by atoms with Gasteiger partial charge in [0.2, 0.25) is 5.70 Å². The summed E-state index contributed by atoms with van der Waals surface area (Å²) in [4.78, 5) is 6.87. The number of nitrogens with zero attached hydrogens (tertiary/aromatic N) is 6. The number of nitrogens with one attached hydrogen (secondary N) is 1. The summed E-state index contributed by atoms with van der Waals surface area (Å²) in [7, 11) is 2.16. The monoisotopic (exact) mass is 392 g/mol. The molecule has 0 unspecified atom stereocenters. The van der Waals surface area contributed by atoms with Crippen molar-refractivity contribution in [3.8, 4) is 5.69 Å². The van der Waals surface area contributed by atoms with Crippen molar-refractivity contribution in [1.82, 2.24) is 20.0 Å². The Morgan fingerprint density at radius 2 is 2.10 bits per heavy atom. The summed E-state index contributed by atoms with van der Waals surface area (Å²) in [5, 5.41) is 12.8. The lowest BCUT2D eigenvalue weighted by Gasteiger charge is -2.30. The van der Waals surface area contributed by atoms with Crippen LogP contribution in [0, 0.1) is 5.82 Å². The number of likely N-dealkylation sites (tertiary alicyclic amines) is 1. The van der Waals surface area contributed by atoms with E-state index in [9.17, 15) is 4.39 Å². The van der Waals surface area contributed by atoms with E-state index in [4.69, 9.17) is 5.11 Å². The third kappa shape index (κ3) is 3.63. The van der Waals surface area contributed by atoms with Crippen LogP contribution in [-0.4, -0.2) is 51.4 Å². The number of aliphatic imine (C=N–C) groups is 1. The van der Waals surface area contributed by atoms with Gasteiger partial charge in [-0.3, -0.25) is 0 Å². The Morgan fingerprint density at radius 3 is 2.93 bits per heavy atom. The first-order valence-electron chi connectivity index (χ1n) is 9.90. The Hall–Kier alpha value is -3.13. The van der Waals surface area contributed by atoms with Gasteiger partial charge in [0.25, 0.3) is 0 Å². The Labute approximate surface area is 168 Å². The molecule has 1 N–H and O–H groups in total. The lowest BCUT2D eigenvalue weighted by molar-refractivity contribution is -0.379. The van der Waals surface area contributed by atoms with Crippen molar-refractivity contribution >= 4 is 11.5 Å². The second-order valence-corrected chi connectivity index (χ2v) is 7.64. The zero-order valence-electron chi connectivity index (χ0n) is 16.3. The summed E-state index contributed by atoms with van der Waals surface area (Å²) in [6.07, 6.45) is 10.5. The lowest BCUT2D eigenvalue weighted by atomic mass is 10.1. The highest BCUT2D eigenvalue weighted by atomic mass is 19.1. The van der Waals surface area contributed by atoms with Crippen molar-refractivity contribution in [2.75, 3.05) is 20.1 Å². The van der Waals surface area contributed by atoms with Crippen molar-refractivity contribution in [3.05, 3.63) is 66.1 Å². The second kappa shape index (κ2) is 7.36. The maximum Gasteiger partial charge on any atom is 0.328 e. The largest absolute Gasteiger partial charge is 0.364 e. The fourth-order valence-corrected chi connectivity index (χ4v) is 3.83. The first kappa shape index (κ1) is 17.9. The predicted molar refractivity (Wildman–Crippen MR) is 108 cm³/mol. The summed E-state index contributed by atoms with van der Waals surface area (Å²) in [5.41, 5.74) is 2.44. The van der Waals surface area contributed by atoms with Gasteiger partial charge in [-0.2, -0.15) is 5.10 Å². The van der Waals surface area contributed by atoms with E-state index in [1.807, 2.05) is 23.2 Å². The molecule has 148 valence electrons. The number of hydrogen-bond acceptors (Lipinski definition) is 5. The fourth-order valence-electron chi connectivity index (χ4n) is 3.83. The number of aromatic nitrogens is 2. The number of rotatable bonds is 4. The SMILES string of the molecule is CN1CCC(NC2=CCC3=NC=C(c4cnn(-c5cccc(F)c5)c4)[N+]3=N2)CC1. The maximum absolute atomic E-state index is 13.5. The van der Waals surface area contributed by atoms with E-state index in [-0.39, 0.29) is 5.82 Å². The zero-order chi connectivity index (χ0) is 19.8. The molecule has 1 fully saturated rings. The average Bonchev–Trinajstić information content (AvgIpc) is 3.36. The molecule has 0 amide bonds. The molecule has 4 heterocycles. The van der Waals surface area contributed by atoms with E-state index in [1.54, 1.807) is 16.9 Å². The van der Waals surface area contributed by atoms with Gasteiger partial charge in [0.1, 0.15) is 5.82 Å². The van der Waals surface area contributed by atoms with Gasteiger partial charge in [0.05, 0.1) is 23.9 Å². The molecule has 0 radical (unpaired) electrons. The van der Waals surface area contributed by atoms with E-state index in [0.29, 0.717) is 11.7 Å². The Bertz CT molecular complexity index is 1050. The van der Waals surface area contributed by atoms with Crippen molar-refractivity contribution in [1.29, 1.82) is 0 Å². The highest BCUT2D eigenvalue weighted by molar-refractivity contribution is 5.85. The molecule has 1 aromatic carbocycles. The molecule has 1 saturated heterocycles. The topological polar surface area (TPSA) is 60.8 Å². The number of fused-ring (bicyclic) bond motifs is 1. The third-order valence-corrected chi connectivity index (χ3v) is 5.52. The number of halogens is 1. The molecule has 3 aliphatic heterocycles. The first-order valence-corrected chi connectivity index (χ1v) is 9.90. The van der Waals surface area contributed by atoms with E-state index in [2.05, 4.69) is 33.4 Å². The average molecular weight is 392 g/mol. The maximum atomic E-state index is 13.5. The van der Waals surface area contributed by atoms with Gasteiger partial charge in [0.15, 0.2) is 12.0 Å². The second-order valence-electron chi connectivity index (χ2n) is 7.64. The molecule has 0 bridgehead atoms. The van der Waals surface area contributed by atoms with Gasteiger partial charge in [-0.1, -0.05) is 15.9 Å². The lowest BCUT2D eigenvalue weighted by Crippen LogP contribution is -2.40. The molecule has 2 aromatic rings. The molecule has 7 nitrogen and oxygen atoms in total. The van der Waals surface area contributed by atoms with E-state index >= 15 is 0 Å². The predicted octanol–water partition coefficient (Wildman–Crippen LogP) is 3.12. The van der Waals surface area contributed by atoms with Crippen LogP contribution >= 0.6 is 0 Å². The van der Waals surface area contributed by atoms with E-state index in [1.165, 1.54) is 12.1 Å². The van der Waals surface area contributed by atoms with Crippen LogP contribution in [0.25, 0.3) is 11.4 Å². The number of piperidine rings is 1. The smallest absolute Gasteiger partial charge is 0.328 e. The summed E-state index contributed by atoms with van der Waals surface area (Å²) in [6.45, 7) is 2.21. The Balaban J connectivity index is 1.35. The highest BCUT2D eigenvalue weighted by Crippen LogP contribution is 2.26. The van der Waals surface area contributed by atoms with Crippen LogP contribution < -0.4 is 5.32 Å². The number of amidine groups is 1. The normalized spacial score (nSPS) is 19.9. The van der Waals surface area contributed by atoms with Crippen molar-refractivity contribution in [3.63, 3.8) is 0 Å². The van der Waals surface area contributed by atoms with Gasteiger partial charge >= 0.3 is 5.84 Å². The molecule has 29 heavy (non-hydrogen) atoms. The fraction of sp³-hybridized carbons (Fsp3) is 0.333. The van der Waals surface area contributed by atoms with Crippen LogP contribution in [0.1, 0.15) is 24.8 Å². The third-order valence-electron chi connectivity index (χ3n) is 5.52. The molecule has 0 atom stereocenters. The summed E-state index contributed by atoms with van der Waals surface area (Å²) < 4.78 is 17.1. The highest BCUT2D eigenvalue weighted by Gasteiger charge is 2.33. The summed E-state index contributed by atoms with van der Waals surface area (Å²) in [6, 6.07) is 6.83. The van der Waals surface area contributed by atoms with Crippen molar-refractivity contribution in [2.45, 2.75) is 25.3 Å². The van der Waals surface area contributed by atoms with Gasteiger partial charge in [-0.25, -0.2) is 9.07 Å². The number of azo groups is 2. The molecule has 0 aliphatic carbocycles. The van der Waals surface area contributed by atoms with Gasteiger partial charge in [-0.15, -0.1) is 0 Å². The van der Waals surface area contributed by atoms with Crippen molar-refractivity contribution < 1.29 is 9.09 Å². The molecule has 3 aliphatic rings.